The summed E-state index contributed by atoms with van der Waals surface area (Å²) in [5.41, 5.74) is 0.608. The third kappa shape index (κ3) is 3.26. The Morgan fingerprint density at radius 2 is 1.85 bits per heavy atom. The van der Waals surface area contributed by atoms with Gasteiger partial charge in [0.25, 0.3) is 0 Å². The largest absolute Gasteiger partial charge is 0.496 e. The molecule has 0 amide bonds. The van der Waals surface area contributed by atoms with E-state index in [2.05, 4.69) is 15.9 Å². The van der Waals surface area contributed by atoms with Crippen molar-refractivity contribution in [3.05, 3.63) is 51.5 Å². The van der Waals surface area contributed by atoms with E-state index in [-0.39, 0.29) is 0 Å². The molecule has 0 aliphatic carbocycles. The number of methoxy groups -OCH3 is 1. The second-order valence-corrected chi connectivity index (χ2v) is 5.52. The SMILES string of the molecule is COc1cccc(Oc2ccc(Cl)cc2Br)c1C(C)O. The minimum atomic E-state index is -0.702. The molecule has 0 heterocycles. The molecule has 0 bridgehead atoms. The van der Waals surface area contributed by atoms with E-state index in [4.69, 9.17) is 21.1 Å². The predicted octanol–water partition coefficient (Wildman–Crippen LogP) is 4.96. The highest BCUT2D eigenvalue weighted by molar-refractivity contribution is 9.10. The van der Waals surface area contributed by atoms with Crippen molar-refractivity contribution in [2.24, 2.45) is 0 Å². The van der Waals surface area contributed by atoms with E-state index >= 15 is 0 Å². The summed E-state index contributed by atoms with van der Waals surface area (Å²) in [6, 6.07) is 10.6. The van der Waals surface area contributed by atoms with Crippen molar-refractivity contribution < 1.29 is 14.6 Å². The van der Waals surface area contributed by atoms with Crippen LogP contribution in [0.15, 0.2) is 40.9 Å². The predicted molar refractivity (Wildman–Crippen MR) is 82.9 cm³/mol. The third-order valence-electron chi connectivity index (χ3n) is 2.78. The molecule has 0 aliphatic heterocycles. The van der Waals surface area contributed by atoms with Crippen LogP contribution in [-0.2, 0) is 0 Å². The van der Waals surface area contributed by atoms with Gasteiger partial charge in [-0.25, -0.2) is 0 Å². The van der Waals surface area contributed by atoms with Crippen LogP contribution < -0.4 is 9.47 Å². The molecule has 0 aromatic heterocycles. The fourth-order valence-corrected chi connectivity index (χ4v) is 2.64. The van der Waals surface area contributed by atoms with Gasteiger partial charge in [0.2, 0.25) is 0 Å². The quantitative estimate of drug-likeness (QED) is 0.841. The van der Waals surface area contributed by atoms with Gasteiger partial charge in [0.1, 0.15) is 17.2 Å². The molecule has 0 radical (unpaired) electrons. The maximum absolute atomic E-state index is 9.92. The molecule has 106 valence electrons. The molecule has 0 saturated carbocycles. The maximum Gasteiger partial charge on any atom is 0.141 e. The number of hydrogen-bond donors (Lipinski definition) is 1. The van der Waals surface area contributed by atoms with E-state index in [1.165, 1.54) is 0 Å². The summed E-state index contributed by atoms with van der Waals surface area (Å²) in [4.78, 5) is 0. The van der Waals surface area contributed by atoms with Gasteiger partial charge in [0.05, 0.1) is 23.2 Å². The monoisotopic (exact) mass is 356 g/mol. The normalized spacial score (nSPS) is 12.1. The molecular formula is C15H14BrClO3. The number of ether oxygens (including phenoxy) is 2. The Morgan fingerprint density at radius 1 is 1.15 bits per heavy atom. The fraction of sp³-hybridized carbons (Fsp3) is 0.200. The smallest absolute Gasteiger partial charge is 0.141 e. The average Bonchev–Trinajstić information content (AvgIpc) is 2.41. The van der Waals surface area contributed by atoms with Gasteiger partial charge in [-0.15, -0.1) is 0 Å². The van der Waals surface area contributed by atoms with Crippen LogP contribution in [0.1, 0.15) is 18.6 Å². The van der Waals surface area contributed by atoms with Crippen LogP contribution in [0.4, 0.5) is 0 Å². The van der Waals surface area contributed by atoms with Crippen molar-refractivity contribution in [1.29, 1.82) is 0 Å². The molecule has 1 N–H and O–H groups in total. The number of hydrogen-bond acceptors (Lipinski definition) is 3. The molecule has 0 saturated heterocycles. The van der Waals surface area contributed by atoms with Crippen LogP contribution in [0.2, 0.25) is 5.02 Å². The molecule has 2 rings (SSSR count). The van der Waals surface area contributed by atoms with Crippen LogP contribution >= 0.6 is 27.5 Å². The van der Waals surface area contributed by atoms with E-state index in [1.54, 1.807) is 44.4 Å². The Labute approximate surface area is 131 Å². The first-order valence-electron chi connectivity index (χ1n) is 6.00. The lowest BCUT2D eigenvalue weighted by Gasteiger charge is -2.17. The lowest BCUT2D eigenvalue weighted by molar-refractivity contribution is 0.190. The Balaban J connectivity index is 2.43. The number of benzene rings is 2. The zero-order valence-corrected chi connectivity index (χ0v) is 13.4. The molecule has 1 atom stereocenters. The van der Waals surface area contributed by atoms with Crippen molar-refractivity contribution >= 4 is 27.5 Å². The Morgan fingerprint density at radius 3 is 2.45 bits per heavy atom. The van der Waals surface area contributed by atoms with Crippen LogP contribution in [-0.4, -0.2) is 12.2 Å². The van der Waals surface area contributed by atoms with Crippen molar-refractivity contribution in [2.45, 2.75) is 13.0 Å². The summed E-state index contributed by atoms with van der Waals surface area (Å²) in [6.45, 7) is 1.67. The summed E-state index contributed by atoms with van der Waals surface area (Å²) in [5.74, 6) is 1.74. The number of aliphatic hydroxyl groups is 1. The molecule has 2 aromatic rings. The fourth-order valence-electron chi connectivity index (χ4n) is 1.88. The van der Waals surface area contributed by atoms with E-state index in [0.29, 0.717) is 27.8 Å². The minimum Gasteiger partial charge on any atom is -0.496 e. The van der Waals surface area contributed by atoms with Gasteiger partial charge in [-0.3, -0.25) is 0 Å². The molecule has 1 unspecified atom stereocenters. The summed E-state index contributed by atoms with van der Waals surface area (Å²) < 4.78 is 11.9. The summed E-state index contributed by atoms with van der Waals surface area (Å²) in [6.07, 6.45) is -0.702. The van der Waals surface area contributed by atoms with Crippen LogP contribution in [0.3, 0.4) is 0 Å². The molecular weight excluding hydrogens is 344 g/mol. The lowest BCUT2D eigenvalue weighted by Crippen LogP contribution is -2.00. The molecule has 2 aromatic carbocycles. The first-order chi connectivity index (χ1) is 9.52. The van der Waals surface area contributed by atoms with Gasteiger partial charge in [-0.05, 0) is 53.2 Å². The number of halogens is 2. The van der Waals surface area contributed by atoms with Crippen molar-refractivity contribution in [1.82, 2.24) is 0 Å². The van der Waals surface area contributed by atoms with E-state index < -0.39 is 6.10 Å². The Kier molecular flexibility index (Phi) is 4.91. The lowest BCUT2D eigenvalue weighted by atomic mass is 10.1. The number of rotatable bonds is 4. The first kappa shape index (κ1) is 15.2. The standard InChI is InChI=1S/C15H14BrClO3/c1-9(18)15-13(19-2)4-3-5-14(15)20-12-7-6-10(17)8-11(12)16/h3-9,18H,1-2H3. The van der Waals surface area contributed by atoms with Crippen molar-refractivity contribution in [2.75, 3.05) is 7.11 Å². The molecule has 20 heavy (non-hydrogen) atoms. The Hall–Kier alpha value is -1.23. The topological polar surface area (TPSA) is 38.7 Å². The van der Waals surface area contributed by atoms with E-state index in [0.717, 1.165) is 4.47 Å². The average molecular weight is 358 g/mol. The highest BCUT2D eigenvalue weighted by Gasteiger charge is 2.16. The van der Waals surface area contributed by atoms with Gasteiger partial charge < -0.3 is 14.6 Å². The summed E-state index contributed by atoms with van der Waals surface area (Å²) in [5, 5.41) is 10.5. The minimum absolute atomic E-state index is 0.544. The van der Waals surface area contributed by atoms with Gasteiger partial charge in [0.15, 0.2) is 0 Å². The number of aliphatic hydroxyl groups excluding tert-OH is 1. The van der Waals surface area contributed by atoms with Gasteiger partial charge >= 0.3 is 0 Å². The summed E-state index contributed by atoms with van der Waals surface area (Å²) in [7, 11) is 1.56. The molecule has 3 nitrogen and oxygen atoms in total. The van der Waals surface area contributed by atoms with Crippen LogP contribution in [0.25, 0.3) is 0 Å². The van der Waals surface area contributed by atoms with Crippen molar-refractivity contribution in [3.8, 4) is 17.2 Å². The van der Waals surface area contributed by atoms with Crippen LogP contribution in [0.5, 0.6) is 17.2 Å². The maximum atomic E-state index is 9.92. The molecule has 0 spiro atoms. The van der Waals surface area contributed by atoms with Gasteiger partial charge in [-0.1, -0.05) is 17.7 Å². The van der Waals surface area contributed by atoms with E-state index in [1.807, 2.05) is 6.07 Å². The Bertz CT molecular complexity index is 614. The highest BCUT2D eigenvalue weighted by Crippen LogP contribution is 2.38. The summed E-state index contributed by atoms with van der Waals surface area (Å²) >= 11 is 9.30. The van der Waals surface area contributed by atoms with E-state index in [9.17, 15) is 5.11 Å². The van der Waals surface area contributed by atoms with Gasteiger partial charge in [0, 0.05) is 5.02 Å². The molecule has 0 aliphatic rings. The second-order valence-electron chi connectivity index (χ2n) is 4.22. The molecule has 0 fully saturated rings. The second kappa shape index (κ2) is 6.48. The molecule has 5 heteroatoms. The van der Waals surface area contributed by atoms with Crippen molar-refractivity contribution in [3.63, 3.8) is 0 Å². The van der Waals surface area contributed by atoms with Crippen LogP contribution in [0, 0.1) is 0 Å². The van der Waals surface area contributed by atoms with Gasteiger partial charge in [-0.2, -0.15) is 0 Å². The third-order valence-corrected chi connectivity index (χ3v) is 3.63. The zero-order chi connectivity index (χ0) is 14.7. The zero-order valence-electron chi connectivity index (χ0n) is 11.1. The highest BCUT2D eigenvalue weighted by atomic mass is 79.9. The first-order valence-corrected chi connectivity index (χ1v) is 7.18.